The number of aromatic nitrogens is 1. The van der Waals surface area contributed by atoms with Gasteiger partial charge in [0.25, 0.3) is 0 Å². The maximum atomic E-state index is 12.1. The molecule has 0 saturated heterocycles. The average molecular weight is 402 g/mol. The first-order valence-corrected chi connectivity index (χ1v) is 9.73. The van der Waals surface area contributed by atoms with Crippen LogP contribution in [-0.4, -0.2) is 22.6 Å². The lowest BCUT2D eigenvalue weighted by molar-refractivity contribution is -0.136. The van der Waals surface area contributed by atoms with E-state index in [9.17, 15) is 9.59 Å². The fraction of sp³-hybridized carbons (Fsp3) is 0.208. The fourth-order valence-corrected chi connectivity index (χ4v) is 3.53. The predicted molar refractivity (Wildman–Crippen MR) is 120 cm³/mol. The van der Waals surface area contributed by atoms with Gasteiger partial charge in [0, 0.05) is 28.3 Å². The Labute approximate surface area is 176 Å². The molecule has 6 heteroatoms. The summed E-state index contributed by atoms with van der Waals surface area (Å²) < 4.78 is 2.13. The molecule has 0 aliphatic carbocycles. The summed E-state index contributed by atoms with van der Waals surface area (Å²) in [6, 6.07) is 15.8. The summed E-state index contributed by atoms with van der Waals surface area (Å²) in [5.41, 5.74) is 10.1. The molecule has 0 radical (unpaired) electrons. The van der Waals surface area contributed by atoms with E-state index in [0.717, 1.165) is 33.8 Å². The van der Waals surface area contributed by atoms with Gasteiger partial charge in [0.2, 0.25) is 0 Å². The molecular formula is C24H26N4O2. The third-order valence-corrected chi connectivity index (χ3v) is 4.79. The number of rotatable bonds is 4. The van der Waals surface area contributed by atoms with E-state index >= 15 is 0 Å². The molecule has 0 aliphatic heterocycles. The minimum Gasteiger partial charge on any atom is -0.318 e. The van der Waals surface area contributed by atoms with Gasteiger partial charge in [-0.2, -0.15) is 5.10 Å². The van der Waals surface area contributed by atoms with Crippen LogP contribution in [0.1, 0.15) is 33.6 Å². The van der Waals surface area contributed by atoms with E-state index in [1.54, 1.807) is 6.21 Å². The topological polar surface area (TPSA) is 75.5 Å². The maximum Gasteiger partial charge on any atom is 0.329 e. The number of hydrogen-bond acceptors (Lipinski definition) is 3. The number of anilines is 1. The van der Waals surface area contributed by atoms with E-state index in [4.69, 9.17) is 0 Å². The summed E-state index contributed by atoms with van der Waals surface area (Å²) >= 11 is 0. The first-order valence-electron chi connectivity index (χ1n) is 9.73. The lowest BCUT2D eigenvalue weighted by Crippen LogP contribution is -2.32. The Morgan fingerprint density at radius 1 is 0.867 bits per heavy atom. The molecule has 0 unspecified atom stereocenters. The smallest absolute Gasteiger partial charge is 0.318 e. The van der Waals surface area contributed by atoms with Crippen molar-refractivity contribution in [3.8, 4) is 5.69 Å². The molecule has 0 aliphatic rings. The summed E-state index contributed by atoms with van der Waals surface area (Å²) in [5.74, 6) is -1.58. The minimum atomic E-state index is -0.821. The van der Waals surface area contributed by atoms with Crippen molar-refractivity contribution in [3.05, 3.63) is 82.2 Å². The first-order chi connectivity index (χ1) is 14.2. The second-order valence-electron chi connectivity index (χ2n) is 7.53. The van der Waals surface area contributed by atoms with Crippen molar-refractivity contribution < 1.29 is 9.59 Å². The van der Waals surface area contributed by atoms with Crippen LogP contribution >= 0.6 is 0 Å². The largest absolute Gasteiger partial charge is 0.329 e. The van der Waals surface area contributed by atoms with Crippen LogP contribution in [0.4, 0.5) is 5.69 Å². The Morgan fingerprint density at radius 2 is 1.57 bits per heavy atom. The number of aryl methyl sites for hydroxylation is 4. The third kappa shape index (κ3) is 4.84. The number of nitrogens with one attached hydrogen (secondary N) is 2. The summed E-state index contributed by atoms with van der Waals surface area (Å²) in [4.78, 5) is 24.2. The van der Waals surface area contributed by atoms with E-state index in [1.165, 1.54) is 5.56 Å². The van der Waals surface area contributed by atoms with Crippen LogP contribution in [0.15, 0.2) is 53.6 Å². The van der Waals surface area contributed by atoms with Gasteiger partial charge < -0.3 is 9.88 Å². The molecule has 6 nitrogen and oxygen atoms in total. The molecule has 1 heterocycles. The quantitative estimate of drug-likeness (QED) is 0.391. The average Bonchev–Trinajstić information content (AvgIpc) is 2.94. The van der Waals surface area contributed by atoms with Gasteiger partial charge in [-0.05, 0) is 81.6 Å². The van der Waals surface area contributed by atoms with Crippen LogP contribution in [0.25, 0.3) is 5.69 Å². The molecule has 30 heavy (non-hydrogen) atoms. The second-order valence-corrected chi connectivity index (χ2v) is 7.53. The molecule has 2 N–H and O–H groups in total. The van der Waals surface area contributed by atoms with Crippen LogP contribution in [0.5, 0.6) is 0 Å². The molecule has 3 rings (SSSR count). The molecule has 0 atom stereocenters. The van der Waals surface area contributed by atoms with Crippen molar-refractivity contribution in [2.45, 2.75) is 34.6 Å². The van der Waals surface area contributed by atoms with Crippen molar-refractivity contribution >= 4 is 23.7 Å². The van der Waals surface area contributed by atoms with Gasteiger partial charge in [-0.25, -0.2) is 5.43 Å². The molecule has 154 valence electrons. The minimum absolute atomic E-state index is 0.582. The number of benzene rings is 2. The molecule has 0 saturated carbocycles. The number of hydrogen-bond donors (Lipinski definition) is 2. The van der Waals surface area contributed by atoms with Gasteiger partial charge in [-0.15, -0.1) is 0 Å². The normalized spacial score (nSPS) is 11.0. The van der Waals surface area contributed by atoms with E-state index in [0.29, 0.717) is 5.69 Å². The molecule has 0 fully saturated rings. The number of carbonyl (C=O) groups excluding carboxylic acids is 2. The van der Waals surface area contributed by atoms with Crippen molar-refractivity contribution in [3.63, 3.8) is 0 Å². The summed E-state index contributed by atoms with van der Waals surface area (Å²) in [5, 5.41) is 6.56. The molecule has 1 aromatic heterocycles. The Bertz CT molecular complexity index is 1120. The number of hydrazone groups is 1. The number of amides is 2. The zero-order chi connectivity index (χ0) is 21.8. The molecule has 0 spiro atoms. The van der Waals surface area contributed by atoms with E-state index in [1.807, 2.05) is 64.1 Å². The van der Waals surface area contributed by atoms with Crippen molar-refractivity contribution in [1.82, 2.24) is 9.99 Å². The second kappa shape index (κ2) is 8.78. The first kappa shape index (κ1) is 21.0. The highest BCUT2D eigenvalue weighted by atomic mass is 16.2. The van der Waals surface area contributed by atoms with Crippen molar-refractivity contribution in [2.75, 3.05) is 5.32 Å². The Hall–Kier alpha value is -3.67. The SMILES string of the molecule is Cc1cc(C)cc(NC(=O)C(=O)N/N=C\c2cc(C)n(-c3cccc(C)c3)c2C)c1. The molecule has 3 aromatic rings. The number of nitrogens with zero attached hydrogens (tertiary/aromatic N) is 2. The number of carbonyl (C=O) groups is 2. The van der Waals surface area contributed by atoms with Gasteiger partial charge in [0.05, 0.1) is 6.21 Å². The van der Waals surface area contributed by atoms with E-state index in [2.05, 4.69) is 39.5 Å². The fourth-order valence-electron chi connectivity index (χ4n) is 3.53. The highest BCUT2D eigenvalue weighted by Gasteiger charge is 2.14. The predicted octanol–water partition coefficient (Wildman–Crippen LogP) is 4.11. The van der Waals surface area contributed by atoms with Gasteiger partial charge in [-0.1, -0.05) is 18.2 Å². The van der Waals surface area contributed by atoms with Crippen LogP contribution in [0, 0.1) is 34.6 Å². The van der Waals surface area contributed by atoms with Crippen molar-refractivity contribution in [2.24, 2.45) is 5.10 Å². The van der Waals surface area contributed by atoms with Gasteiger partial charge >= 0.3 is 11.8 Å². The highest BCUT2D eigenvalue weighted by Crippen LogP contribution is 2.20. The summed E-state index contributed by atoms with van der Waals surface area (Å²) in [6.07, 6.45) is 1.55. The van der Waals surface area contributed by atoms with Gasteiger partial charge in [0.15, 0.2) is 0 Å². The molecular weight excluding hydrogens is 376 g/mol. The lowest BCUT2D eigenvalue weighted by atomic mass is 10.1. The molecule has 2 amide bonds. The van der Waals surface area contributed by atoms with E-state index in [-0.39, 0.29) is 0 Å². The Balaban J connectivity index is 1.68. The zero-order valence-electron chi connectivity index (χ0n) is 17.9. The van der Waals surface area contributed by atoms with Gasteiger partial charge in [-0.3, -0.25) is 9.59 Å². The molecule has 2 aromatic carbocycles. The summed E-state index contributed by atoms with van der Waals surface area (Å²) in [6.45, 7) is 9.92. The highest BCUT2D eigenvalue weighted by molar-refractivity contribution is 6.39. The van der Waals surface area contributed by atoms with Crippen LogP contribution in [0.2, 0.25) is 0 Å². The van der Waals surface area contributed by atoms with Gasteiger partial charge in [0.1, 0.15) is 0 Å². The Kier molecular flexibility index (Phi) is 6.16. The van der Waals surface area contributed by atoms with Crippen LogP contribution in [-0.2, 0) is 9.59 Å². The summed E-state index contributed by atoms with van der Waals surface area (Å²) in [7, 11) is 0. The maximum absolute atomic E-state index is 12.1. The van der Waals surface area contributed by atoms with Crippen LogP contribution < -0.4 is 10.7 Å². The Morgan fingerprint density at radius 3 is 2.23 bits per heavy atom. The lowest BCUT2D eigenvalue weighted by Gasteiger charge is -2.10. The molecule has 0 bridgehead atoms. The zero-order valence-corrected chi connectivity index (χ0v) is 17.9. The standard InChI is InChI=1S/C24H26N4O2/c1-15-7-6-8-22(12-15)28-18(4)13-20(19(28)5)14-25-27-24(30)23(29)26-21-10-16(2)9-17(3)11-21/h6-14H,1-5H3,(H,26,29)(H,27,30)/b25-14-. The van der Waals surface area contributed by atoms with Crippen LogP contribution in [0.3, 0.4) is 0 Å². The third-order valence-electron chi connectivity index (χ3n) is 4.79. The monoisotopic (exact) mass is 402 g/mol. The van der Waals surface area contributed by atoms with Crippen molar-refractivity contribution in [1.29, 1.82) is 0 Å². The van der Waals surface area contributed by atoms with E-state index < -0.39 is 11.8 Å².